The van der Waals surface area contributed by atoms with Gasteiger partial charge in [-0.3, -0.25) is 11.3 Å². The van der Waals surface area contributed by atoms with E-state index in [-0.39, 0.29) is 6.04 Å². The number of nitrogens with one attached hydrogen (secondary N) is 1. The van der Waals surface area contributed by atoms with Gasteiger partial charge in [0, 0.05) is 21.6 Å². The number of hydrogen-bond acceptors (Lipinski definition) is 4. The second-order valence-electron chi connectivity index (χ2n) is 4.16. The lowest BCUT2D eigenvalue weighted by Gasteiger charge is -2.20. The minimum atomic E-state index is 0.0395. The second-order valence-corrected chi connectivity index (χ2v) is 6.07. The van der Waals surface area contributed by atoms with Crippen molar-refractivity contribution in [3.63, 3.8) is 0 Å². The quantitative estimate of drug-likeness (QED) is 0.596. The fourth-order valence-corrected chi connectivity index (χ4v) is 2.80. The average molecular weight is 289 g/mol. The highest BCUT2D eigenvalue weighted by Gasteiger charge is 2.16. The van der Waals surface area contributed by atoms with Gasteiger partial charge in [0.1, 0.15) is 5.75 Å². The van der Waals surface area contributed by atoms with E-state index in [0.717, 1.165) is 23.5 Å². The van der Waals surface area contributed by atoms with E-state index in [9.17, 15) is 0 Å². The lowest BCUT2D eigenvalue weighted by Crippen LogP contribution is -2.30. The topological polar surface area (TPSA) is 47.3 Å². The molecular formula is C13H21ClN2OS. The molecule has 0 fully saturated rings. The number of halogens is 1. The van der Waals surface area contributed by atoms with Crippen molar-refractivity contribution in [2.75, 3.05) is 12.9 Å². The molecule has 0 saturated heterocycles. The van der Waals surface area contributed by atoms with Gasteiger partial charge in [-0.1, -0.05) is 25.4 Å². The zero-order valence-electron chi connectivity index (χ0n) is 11.1. The third kappa shape index (κ3) is 4.35. The molecule has 2 unspecified atom stereocenters. The molecule has 1 aromatic carbocycles. The van der Waals surface area contributed by atoms with Crippen LogP contribution in [0.4, 0.5) is 0 Å². The molecule has 0 aliphatic heterocycles. The van der Waals surface area contributed by atoms with Gasteiger partial charge < -0.3 is 4.74 Å². The van der Waals surface area contributed by atoms with Gasteiger partial charge in [-0.15, -0.1) is 0 Å². The third-order valence-corrected chi connectivity index (χ3v) is 4.55. The summed E-state index contributed by atoms with van der Waals surface area (Å²) in [6, 6.07) is 5.63. The minimum Gasteiger partial charge on any atom is -0.496 e. The Hall–Kier alpha value is -0.420. The van der Waals surface area contributed by atoms with E-state index in [0.29, 0.717) is 10.3 Å². The second kappa shape index (κ2) is 7.89. The molecule has 5 heteroatoms. The Morgan fingerprint density at radius 3 is 2.78 bits per heavy atom. The summed E-state index contributed by atoms with van der Waals surface area (Å²) < 4.78 is 5.35. The molecule has 18 heavy (non-hydrogen) atoms. The molecule has 0 aromatic heterocycles. The van der Waals surface area contributed by atoms with Gasteiger partial charge in [-0.2, -0.15) is 11.8 Å². The summed E-state index contributed by atoms with van der Waals surface area (Å²) in [6.45, 7) is 4.40. The van der Waals surface area contributed by atoms with Crippen molar-refractivity contribution in [2.24, 2.45) is 5.84 Å². The summed E-state index contributed by atoms with van der Waals surface area (Å²) >= 11 is 7.92. The molecule has 0 spiro atoms. The molecular weight excluding hydrogens is 268 g/mol. The lowest BCUT2D eigenvalue weighted by atomic mass is 10.1. The van der Waals surface area contributed by atoms with Crippen LogP contribution in [0.1, 0.15) is 31.9 Å². The van der Waals surface area contributed by atoms with Crippen LogP contribution in [0, 0.1) is 0 Å². The molecule has 0 aliphatic rings. The highest BCUT2D eigenvalue weighted by molar-refractivity contribution is 7.99. The van der Waals surface area contributed by atoms with Gasteiger partial charge in [0.25, 0.3) is 0 Å². The number of ether oxygens (including phenoxy) is 1. The van der Waals surface area contributed by atoms with E-state index in [2.05, 4.69) is 19.3 Å². The third-order valence-electron chi connectivity index (χ3n) is 2.89. The Morgan fingerprint density at radius 2 is 2.22 bits per heavy atom. The number of benzene rings is 1. The summed E-state index contributed by atoms with van der Waals surface area (Å²) in [5, 5.41) is 1.31. The van der Waals surface area contributed by atoms with Crippen LogP contribution in [0.25, 0.3) is 0 Å². The van der Waals surface area contributed by atoms with Crippen LogP contribution in [-0.4, -0.2) is 18.1 Å². The van der Waals surface area contributed by atoms with E-state index in [1.165, 1.54) is 0 Å². The van der Waals surface area contributed by atoms with E-state index >= 15 is 0 Å². The van der Waals surface area contributed by atoms with E-state index in [1.807, 2.05) is 30.0 Å². The van der Waals surface area contributed by atoms with E-state index in [4.69, 9.17) is 22.2 Å². The van der Waals surface area contributed by atoms with Crippen LogP contribution in [0.3, 0.4) is 0 Å². The number of hydrogen-bond donors (Lipinski definition) is 2. The Balaban J connectivity index is 2.83. The van der Waals surface area contributed by atoms with Crippen molar-refractivity contribution >= 4 is 23.4 Å². The molecule has 102 valence electrons. The fraction of sp³-hybridized carbons (Fsp3) is 0.538. The maximum atomic E-state index is 6.03. The molecule has 1 aromatic rings. The van der Waals surface area contributed by atoms with Crippen LogP contribution in [0.5, 0.6) is 5.75 Å². The van der Waals surface area contributed by atoms with E-state index < -0.39 is 0 Å². The molecule has 1 rings (SSSR count). The first kappa shape index (κ1) is 15.6. The van der Waals surface area contributed by atoms with Gasteiger partial charge in [0.15, 0.2) is 0 Å². The van der Waals surface area contributed by atoms with Crippen LogP contribution >= 0.6 is 23.4 Å². The van der Waals surface area contributed by atoms with E-state index in [1.54, 1.807) is 7.11 Å². The average Bonchev–Trinajstić information content (AvgIpc) is 2.39. The normalized spacial score (nSPS) is 14.3. The molecule has 2 atom stereocenters. The number of methoxy groups -OCH3 is 1. The standard InChI is InChI=1S/C13H21ClN2OS/c1-4-9(2)18-8-12(16-15)11-7-10(14)5-6-13(11)17-3/h5-7,9,12,16H,4,8,15H2,1-3H3. The van der Waals surface area contributed by atoms with Crippen LogP contribution in [0.2, 0.25) is 5.02 Å². The highest BCUT2D eigenvalue weighted by Crippen LogP contribution is 2.31. The predicted octanol–water partition coefficient (Wildman–Crippen LogP) is 3.38. The molecule has 3 N–H and O–H groups in total. The minimum absolute atomic E-state index is 0.0395. The molecule has 0 radical (unpaired) electrons. The Morgan fingerprint density at radius 1 is 1.50 bits per heavy atom. The monoisotopic (exact) mass is 288 g/mol. The maximum Gasteiger partial charge on any atom is 0.123 e. The summed E-state index contributed by atoms with van der Waals surface area (Å²) in [6.07, 6.45) is 1.15. The summed E-state index contributed by atoms with van der Waals surface area (Å²) in [5.74, 6) is 7.35. The number of thioether (sulfide) groups is 1. The van der Waals surface area contributed by atoms with Gasteiger partial charge in [-0.05, 0) is 24.6 Å². The first-order chi connectivity index (χ1) is 8.62. The van der Waals surface area contributed by atoms with Crippen molar-refractivity contribution in [3.8, 4) is 5.75 Å². The predicted molar refractivity (Wildman–Crippen MR) is 80.3 cm³/mol. The van der Waals surface area contributed by atoms with Gasteiger partial charge >= 0.3 is 0 Å². The van der Waals surface area contributed by atoms with Crippen molar-refractivity contribution < 1.29 is 4.74 Å². The van der Waals surface area contributed by atoms with Gasteiger partial charge in [0.2, 0.25) is 0 Å². The largest absolute Gasteiger partial charge is 0.496 e. The smallest absolute Gasteiger partial charge is 0.123 e. The van der Waals surface area contributed by atoms with Crippen molar-refractivity contribution in [1.82, 2.24) is 5.43 Å². The molecule has 0 aliphatic carbocycles. The van der Waals surface area contributed by atoms with Gasteiger partial charge in [0.05, 0.1) is 13.2 Å². The number of hydrazine groups is 1. The molecule has 0 heterocycles. The summed E-state index contributed by atoms with van der Waals surface area (Å²) in [7, 11) is 1.65. The summed E-state index contributed by atoms with van der Waals surface area (Å²) in [5.41, 5.74) is 3.84. The Labute approximate surface area is 118 Å². The van der Waals surface area contributed by atoms with Crippen molar-refractivity contribution in [2.45, 2.75) is 31.6 Å². The summed E-state index contributed by atoms with van der Waals surface area (Å²) in [4.78, 5) is 0. The number of rotatable bonds is 7. The first-order valence-corrected chi connectivity index (χ1v) is 7.46. The molecule has 3 nitrogen and oxygen atoms in total. The molecule has 0 bridgehead atoms. The van der Waals surface area contributed by atoms with Crippen LogP contribution in [-0.2, 0) is 0 Å². The Bertz CT molecular complexity index is 376. The zero-order chi connectivity index (χ0) is 13.5. The number of nitrogens with two attached hydrogens (primary N) is 1. The fourth-order valence-electron chi connectivity index (χ4n) is 1.58. The Kier molecular flexibility index (Phi) is 6.86. The van der Waals surface area contributed by atoms with Crippen molar-refractivity contribution in [3.05, 3.63) is 28.8 Å². The maximum absolute atomic E-state index is 6.03. The van der Waals surface area contributed by atoms with Gasteiger partial charge in [-0.25, -0.2) is 0 Å². The first-order valence-electron chi connectivity index (χ1n) is 6.03. The SMILES string of the molecule is CCC(C)SCC(NN)c1cc(Cl)ccc1OC. The van der Waals surface area contributed by atoms with Crippen LogP contribution < -0.4 is 16.0 Å². The van der Waals surface area contributed by atoms with Crippen LogP contribution in [0.15, 0.2) is 18.2 Å². The molecule has 0 saturated carbocycles. The van der Waals surface area contributed by atoms with Crippen molar-refractivity contribution in [1.29, 1.82) is 0 Å². The lowest BCUT2D eigenvalue weighted by molar-refractivity contribution is 0.403. The zero-order valence-corrected chi connectivity index (χ0v) is 12.6. The molecule has 0 amide bonds. The highest BCUT2D eigenvalue weighted by atomic mass is 35.5.